The Hall–Kier alpha value is -1.57. The molecule has 2 N–H and O–H groups in total. The van der Waals surface area contributed by atoms with Crippen molar-refractivity contribution in [2.24, 2.45) is 4.99 Å². The van der Waals surface area contributed by atoms with Crippen molar-refractivity contribution >= 4 is 5.96 Å². The fourth-order valence-electron chi connectivity index (χ4n) is 2.35. The first kappa shape index (κ1) is 18.8. The third-order valence-electron chi connectivity index (χ3n) is 3.66. The van der Waals surface area contributed by atoms with E-state index in [4.69, 9.17) is 18.6 Å². The van der Waals surface area contributed by atoms with Gasteiger partial charge in [0.15, 0.2) is 5.96 Å². The highest BCUT2D eigenvalue weighted by molar-refractivity contribution is 5.79. The maximum absolute atomic E-state index is 5.75. The SMILES string of the molecule is COCCNC(=NCCCOC1CCOC1)NCCc1ccco1. The first-order valence-electron chi connectivity index (χ1n) is 8.61. The van der Waals surface area contributed by atoms with Crippen LogP contribution in [0, 0.1) is 0 Å². The summed E-state index contributed by atoms with van der Waals surface area (Å²) in [5.41, 5.74) is 0. The minimum atomic E-state index is 0.264. The third kappa shape index (κ3) is 7.81. The topological polar surface area (TPSA) is 77.2 Å². The number of nitrogens with one attached hydrogen (secondary N) is 2. The largest absolute Gasteiger partial charge is 0.469 e. The van der Waals surface area contributed by atoms with Gasteiger partial charge in [0.05, 0.1) is 25.6 Å². The van der Waals surface area contributed by atoms with Gasteiger partial charge >= 0.3 is 0 Å². The van der Waals surface area contributed by atoms with E-state index in [0.29, 0.717) is 6.61 Å². The van der Waals surface area contributed by atoms with Gasteiger partial charge < -0.3 is 29.3 Å². The van der Waals surface area contributed by atoms with Crippen molar-refractivity contribution in [3.05, 3.63) is 24.2 Å². The normalized spacial score (nSPS) is 18.0. The number of ether oxygens (including phenoxy) is 3. The van der Waals surface area contributed by atoms with E-state index in [2.05, 4.69) is 15.6 Å². The molecular weight excluding hydrogens is 310 g/mol. The van der Waals surface area contributed by atoms with Crippen LogP contribution in [0.3, 0.4) is 0 Å². The molecule has 136 valence electrons. The van der Waals surface area contributed by atoms with Crippen LogP contribution in [-0.4, -0.2) is 65.2 Å². The monoisotopic (exact) mass is 339 g/mol. The molecule has 0 amide bonds. The van der Waals surface area contributed by atoms with Crippen LogP contribution in [-0.2, 0) is 20.6 Å². The number of hydrogen-bond acceptors (Lipinski definition) is 5. The molecule has 1 aliphatic heterocycles. The highest BCUT2D eigenvalue weighted by atomic mass is 16.5. The van der Waals surface area contributed by atoms with Crippen LogP contribution in [0.15, 0.2) is 27.8 Å². The van der Waals surface area contributed by atoms with Crippen LogP contribution in [0.1, 0.15) is 18.6 Å². The van der Waals surface area contributed by atoms with E-state index >= 15 is 0 Å². The molecule has 0 aliphatic carbocycles. The summed E-state index contributed by atoms with van der Waals surface area (Å²) in [5.74, 6) is 1.76. The molecule has 0 radical (unpaired) electrons. The van der Waals surface area contributed by atoms with Crippen LogP contribution >= 0.6 is 0 Å². The van der Waals surface area contributed by atoms with Gasteiger partial charge in [-0.2, -0.15) is 0 Å². The second kappa shape index (κ2) is 11.9. The van der Waals surface area contributed by atoms with E-state index in [1.165, 1.54) is 0 Å². The number of aliphatic imine (C=N–C) groups is 1. The molecular formula is C17H29N3O4. The van der Waals surface area contributed by atoms with Gasteiger partial charge in [0.25, 0.3) is 0 Å². The van der Waals surface area contributed by atoms with Crippen LogP contribution in [0.2, 0.25) is 0 Å². The minimum absolute atomic E-state index is 0.264. The van der Waals surface area contributed by atoms with E-state index in [1.807, 2.05) is 12.1 Å². The molecule has 7 heteroatoms. The summed E-state index contributed by atoms with van der Waals surface area (Å²) in [6.45, 7) is 5.11. The third-order valence-corrected chi connectivity index (χ3v) is 3.66. The van der Waals surface area contributed by atoms with Gasteiger partial charge in [-0.25, -0.2) is 0 Å². The molecule has 1 atom stereocenters. The first-order valence-corrected chi connectivity index (χ1v) is 8.61. The standard InChI is InChI=1S/C17H29N3O4/c1-21-13-9-20-17(19-8-5-15-4-2-10-23-15)18-7-3-11-24-16-6-12-22-14-16/h2,4,10,16H,3,5-9,11-14H2,1H3,(H2,18,19,20). The average molecular weight is 339 g/mol. The number of methoxy groups -OCH3 is 1. The van der Waals surface area contributed by atoms with E-state index in [0.717, 1.165) is 70.4 Å². The van der Waals surface area contributed by atoms with Gasteiger partial charge in [0.1, 0.15) is 5.76 Å². The maximum Gasteiger partial charge on any atom is 0.191 e. The predicted molar refractivity (Wildman–Crippen MR) is 92.4 cm³/mol. The average Bonchev–Trinajstić information content (AvgIpc) is 3.28. The predicted octanol–water partition coefficient (Wildman–Crippen LogP) is 1.20. The zero-order valence-corrected chi connectivity index (χ0v) is 14.5. The van der Waals surface area contributed by atoms with E-state index in [1.54, 1.807) is 13.4 Å². The Morgan fingerprint density at radius 3 is 3.00 bits per heavy atom. The number of furan rings is 1. The van der Waals surface area contributed by atoms with Crippen molar-refractivity contribution in [3.63, 3.8) is 0 Å². The molecule has 7 nitrogen and oxygen atoms in total. The Bertz CT molecular complexity index is 445. The quantitative estimate of drug-likeness (QED) is 0.358. The molecule has 0 saturated carbocycles. The molecule has 0 spiro atoms. The summed E-state index contributed by atoms with van der Waals surface area (Å²) in [6, 6.07) is 3.87. The summed E-state index contributed by atoms with van der Waals surface area (Å²) < 4.78 is 21.4. The van der Waals surface area contributed by atoms with E-state index in [9.17, 15) is 0 Å². The minimum Gasteiger partial charge on any atom is -0.469 e. The molecule has 0 aromatic carbocycles. The zero-order valence-electron chi connectivity index (χ0n) is 14.5. The van der Waals surface area contributed by atoms with Gasteiger partial charge in [0, 0.05) is 46.4 Å². The Morgan fingerprint density at radius 1 is 1.33 bits per heavy atom. The van der Waals surface area contributed by atoms with Gasteiger partial charge in [-0.3, -0.25) is 4.99 Å². The Labute approximate surface area is 143 Å². The molecule has 1 aromatic rings. The van der Waals surface area contributed by atoms with E-state index < -0.39 is 0 Å². The Kier molecular flexibility index (Phi) is 9.29. The molecule has 1 fully saturated rings. The van der Waals surface area contributed by atoms with Crippen LogP contribution < -0.4 is 10.6 Å². The van der Waals surface area contributed by atoms with Gasteiger partial charge in [-0.15, -0.1) is 0 Å². The lowest BCUT2D eigenvalue weighted by Gasteiger charge is -2.12. The second-order valence-electron chi connectivity index (χ2n) is 5.62. The lowest BCUT2D eigenvalue weighted by atomic mass is 10.3. The lowest BCUT2D eigenvalue weighted by molar-refractivity contribution is 0.0424. The molecule has 1 aliphatic rings. The van der Waals surface area contributed by atoms with Gasteiger partial charge in [0.2, 0.25) is 0 Å². The van der Waals surface area contributed by atoms with Crippen molar-refractivity contribution in [3.8, 4) is 0 Å². The first-order chi connectivity index (χ1) is 11.9. The summed E-state index contributed by atoms with van der Waals surface area (Å²) in [4.78, 5) is 4.58. The Morgan fingerprint density at radius 2 is 2.25 bits per heavy atom. The summed E-state index contributed by atoms with van der Waals surface area (Å²) >= 11 is 0. The Balaban J connectivity index is 1.63. The molecule has 1 saturated heterocycles. The van der Waals surface area contributed by atoms with Crippen molar-refractivity contribution < 1.29 is 18.6 Å². The van der Waals surface area contributed by atoms with Crippen molar-refractivity contribution in [2.75, 3.05) is 53.2 Å². The zero-order chi connectivity index (χ0) is 16.9. The number of nitrogens with zero attached hydrogens (tertiary/aromatic N) is 1. The molecule has 24 heavy (non-hydrogen) atoms. The highest BCUT2D eigenvalue weighted by Crippen LogP contribution is 2.08. The fourth-order valence-corrected chi connectivity index (χ4v) is 2.35. The lowest BCUT2D eigenvalue weighted by Crippen LogP contribution is -2.40. The van der Waals surface area contributed by atoms with Crippen molar-refractivity contribution in [1.82, 2.24) is 10.6 Å². The van der Waals surface area contributed by atoms with Crippen molar-refractivity contribution in [1.29, 1.82) is 0 Å². The smallest absolute Gasteiger partial charge is 0.191 e. The number of guanidine groups is 1. The van der Waals surface area contributed by atoms with E-state index in [-0.39, 0.29) is 6.10 Å². The van der Waals surface area contributed by atoms with Crippen LogP contribution in [0.25, 0.3) is 0 Å². The summed E-state index contributed by atoms with van der Waals surface area (Å²) in [6.07, 6.45) is 4.67. The van der Waals surface area contributed by atoms with Crippen molar-refractivity contribution in [2.45, 2.75) is 25.4 Å². The molecule has 1 aromatic heterocycles. The number of rotatable bonds is 11. The highest BCUT2D eigenvalue weighted by Gasteiger charge is 2.15. The summed E-state index contributed by atoms with van der Waals surface area (Å²) in [5, 5.41) is 6.57. The fraction of sp³-hybridized carbons (Fsp3) is 0.706. The summed E-state index contributed by atoms with van der Waals surface area (Å²) in [7, 11) is 1.69. The molecule has 0 bridgehead atoms. The second-order valence-corrected chi connectivity index (χ2v) is 5.62. The molecule has 2 heterocycles. The number of hydrogen-bond donors (Lipinski definition) is 2. The molecule has 2 rings (SSSR count). The molecule has 1 unspecified atom stereocenters. The van der Waals surface area contributed by atoms with Gasteiger partial charge in [-0.05, 0) is 25.0 Å². The van der Waals surface area contributed by atoms with Crippen LogP contribution in [0.4, 0.5) is 0 Å². The van der Waals surface area contributed by atoms with Crippen LogP contribution in [0.5, 0.6) is 0 Å². The van der Waals surface area contributed by atoms with Gasteiger partial charge in [-0.1, -0.05) is 0 Å². The maximum atomic E-state index is 5.75.